The van der Waals surface area contributed by atoms with Crippen LogP contribution in [0.5, 0.6) is 0 Å². The van der Waals surface area contributed by atoms with Crippen molar-refractivity contribution in [3.05, 3.63) is 190 Å². The number of aromatic nitrogens is 1. The molecule has 0 aliphatic carbocycles. The van der Waals surface area contributed by atoms with Gasteiger partial charge in [0.05, 0.1) is 11.1 Å². The second-order valence-electron chi connectivity index (χ2n) is 19.1. The fourth-order valence-electron chi connectivity index (χ4n) is 9.89. The summed E-state index contributed by atoms with van der Waals surface area (Å²) in [7, 11) is 0. The minimum Gasteiger partial charge on any atom is -0.361 e. The van der Waals surface area contributed by atoms with Crippen LogP contribution in [-0.2, 0) is 10.8 Å². The van der Waals surface area contributed by atoms with E-state index in [1.807, 2.05) is 12.4 Å². The molecule has 0 saturated carbocycles. The molecule has 0 aliphatic heterocycles. The number of benzene rings is 8. The monoisotopic (exact) mass is 791 g/mol. The van der Waals surface area contributed by atoms with Gasteiger partial charge in [0.15, 0.2) is 0 Å². The van der Waals surface area contributed by atoms with Crippen LogP contribution in [0.1, 0.15) is 86.1 Å². The lowest BCUT2D eigenvalue weighted by molar-refractivity contribution is -0.00233. The molecule has 0 saturated heterocycles. The highest BCUT2D eigenvalue weighted by atomic mass is 14.9. The minimum absolute atomic E-state index is 0.0162. The van der Waals surface area contributed by atoms with Gasteiger partial charge in [-0.2, -0.15) is 4.79 Å². The molecule has 0 spiro atoms. The summed E-state index contributed by atoms with van der Waals surface area (Å²) >= 11 is 0. The Hall–Kier alpha value is -6.67. The van der Waals surface area contributed by atoms with Gasteiger partial charge in [0.25, 0.3) is 0 Å². The molecule has 0 aliphatic rings. The number of nitrogens with zero attached hydrogens (tertiary/aromatic N) is 3. The van der Waals surface area contributed by atoms with E-state index in [2.05, 4.69) is 206 Å². The van der Waals surface area contributed by atoms with Gasteiger partial charge in [0.2, 0.25) is 0 Å². The third-order valence-corrected chi connectivity index (χ3v) is 12.8. The van der Waals surface area contributed by atoms with Crippen molar-refractivity contribution >= 4 is 48.8 Å². The molecular formula is C58H53N3. The zero-order valence-electron chi connectivity index (χ0n) is 37.1. The average molecular weight is 792 g/mol. The molecule has 3 heteroatoms. The standard InChI is InChI=1S/C58H53N3/c1-34-29-40(57(5,6)7)30-35(2)50(34)52-42-17-11-14-20-45(42)54(46-21-15-12-18-43(46)52)56(61-59)55-47-22-16-13-19-44(47)53(51-36(3)31-41(32-37(51)4)58(8,9)10)48-24-23-39(33-49(48)55)38-25-27-60-28-26-38/h11-33H,1-10H3. The lowest BCUT2D eigenvalue weighted by Crippen LogP contribution is -2.13. The van der Waals surface area contributed by atoms with Crippen LogP contribution in [0.2, 0.25) is 0 Å². The van der Waals surface area contributed by atoms with Gasteiger partial charge in [-0.05, 0) is 167 Å². The Balaban J connectivity index is 1.43. The van der Waals surface area contributed by atoms with E-state index < -0.39 is 0 Å². The number of hydrogen-bond acceptors (Lipinski definition) is 1. The van der Waals surface area contributed by atoms with Gasteiger partial charge in [-0.15, -0.1) is 0 Å². The van der Waals surface area contributed by atoms with Crippen molar-refractivity contribution in [2.24, 2.45) is 0 Å². The largest absolute Gasteiger partial charge is 0.361 e. The first kappa shape index (κ1) is 39.8. The van der Waals surface area contributed by atoms with Gasteiger partial charge in [-0.1, -0.05) is 151 Å². The second-order valence-corrected chi connectivity index (χ2v) is 19.1. The molecule has 61 heavy (non-hydrogen) atoms. The summed E-state index contributed by atoms with van der Waals surface area (Å²) in [6.07, 6.45) is 3.69. The summed E-state index contributed by atoms with van der Waals surface area (Å²) in [5.41, 5.74) is 28.8. The normalized spacial score (nSPS) is 12.1. The third kappa shape index (κ3) is 6.65. The highest BCUT2D eigenvalue weighted by Crippen LogP contribution is 2.47. The summed E-state index contributed by atoms with van der Waals surface area (Å²) in [6, 6.07) is 46.4. The number of pyridine rings is 1. The van der Waals surface area contributed by atoms with Gasteiger partial charge in [-0.25, -0.2) is 0 Å². The molecule has 1 aromatic heterocycles. The van der Waals surface area contributed by atoms with Crippen molar-refractivity contribution in [2.75, 3.05) is 0 Å². The van der Waals surface area contributed by atoms with Crippen molar-refractivity contribution in [3.63, 3.8) is 0 Å². The highest BCUT2D eigenvalue weighted by molar-refractivity contribution is 6.35. The summed E-state index contributed by atoms with van der Waals surface area (Å²) in [4.78, 5) is 8.72. The molecular weight excluding hydrogens is 739 g/mol. The molecule has 0 unspecified atom stereocenters. The Labute approximate surface area is 360 Å². The molecule has 8 aromatic carbocycles. The summed E-state index contributed by atoms with van der Waals surface area (Å²) < 4.78 is 0. The number of rotatable bonds is 5. The average Bonchev–Trinajstić information content (AvgIpc) is 3.23. The highest BCUT2D eigenvalue weighted by Gasteiger charge is 2.31. The van der Waals surface area contributed by atoms with Gasteiger partial charge >= 0.3 is 5.71 Å². The molecule has 0 bridgehead atoms. The van der Waals surface area contributed by atoms with Crippen LogP contribution >= 0.6 is 0 Å². The van der Waals surface area contributed by atoms with Gasteiger partial charge in [-0.3, -0.25) is 4.98 Å². The molecule has 0 atom stereocenters. The SMILES string of the molecule is Cc1cc(C(C)(C)C)cc(C)c1-c1c2ccccc2c(C(=[N+]=[N-])c2c3ccccc3c(-c3c(C)cc(C(C)(C)C)cc3C)c3ccc(-c4ccncc4)cc23)c2ccccc12. The van der Waals surface area contributed by atoms with E-state index in [4.69, 9.17) is 0 Å². The van der Waals surface area contributed by atoms with Gasteiger partial charge < -0.3 is 5.53 Å². The Kier molecular flexibility index (Phi) is 9.65. The van der Waals surface area contributed by atoms with E-state index >= 15 is 0 Å². The fourth-order valence-corrected chi connectivity index (χ4v) is 9.89. The summed E-state index contributed by atoms with van der Waals surface area (Å²) in [5.74, 6) is 0. The predicted molar refractivity (Wildman–Crippen MR) is 260 cm³/mol. The first-order valence-corrected chi connectivity index (χ1v) is 21.5. The lowest BCUT2D eigenvalue weighted by Gasteiger charge is -2.25. The van der Waals surface area contributed by atoms with Crippen LogP contribution in [0.4, 0.5) is 0 Å². The van der Waals surface area contributed by atoms with Crippen molar-refractivity contribution in [2.45, 2.75) is 80.1 Å². The quantitative estimate of drug-likeness (QED) is 0.0741. The molecule has 9 rings (SSSR count). The Morgan fingerprint density at radius 2 is 0.770 bits per heavy atom. The Bertz CT molecular complexity index is 3190. The number of aryl methyl sites for hydroxylation is 4. The molecule has 0 radical (unpaired) electrons. The summed E-state index contributed by atoms with van der Waals surface area (Å²) in [6.45, 7) is 22.7. The predicted octanol–water partition coefficient (Wildman–Crippen LogP) is 15.6. The first-order valence-electron chi connectivity index (χ1n) is 21.5. The van der Waals surface area contributed by atoms with Crippen molar-refractivity contribution in [1.29, 1.82) is 0 Å². The topological polar surface area (TPSA) is 49.3 Å². The van der Waals surface area contributed by atoms with E-state index in [1.54, 1.807) is 0 Å². The maximum Gasteiger partial charge on any atom is 0.332 e. The van der Waals surface area contributed by atoms with Crippen LogP contribution in [-0.4, -0.2) is 15.5 Å². The molecule has 0 amide bonds. The number of hydrogen-bond donors (Lipinski definition) is 0. The van der Waals surface area contributed by atoms with Crippen LogP contribution in [0.3, 0.4) is 0 Å². The fraction of sp³-hybridized carbons (Fsp3) is 0.207. The van der Waals surface area contributed by atoms with Gasteiger partial charge in [0, 0.05) is 12.4 Å². The molecule has 0 fully saturated rings. The molecule has 1 heterocycles. The van der Waals surface area contributed by atoms with E-state index in [1.165, 1.54) is 55.6 Å². The van der Waals surface area contributed by atoms with E-state index in [0.717, 1.165) is 65.3 Å². The smallest absolute Gasteiger partial charge is 0.332 e. The molecule has 3 nitrogen and oxygen atoms in total. The maximum absolute atomic E-state index is 11.7. The van der Waals surface area contributed by atoms with Crippen LogP contribution in [0, 0.1) is 27.7 Å². The second kappa shape index (κ2) is 14.8. The van der Waals surface area contributed by atoms with Crippen LogP contribution < -0.4 is 0 Å². The zero-order valence-corrected chi connectivity index (χ0v) is 37.1. The van der Waals surface area contributed by atoms with Crippen molar-refractivity contribution in [1.82, 2.24) is 4.98 Å². The lowest BCUT2D eigenvalue weighted by atomic mass is 9.78. The van der Waals surface area contributed by atoms with E-state index in [-0.39, 0.29) is 10.8 Å². The first-order chi connectivity index (χ1) is 29.2. The minimum atomic E-state index is 0.0162. The summed E-state index contributed by atoms with van der Waals surface area (Å²) in [5, 5.41) is 8.62. The number of fused-ring (bicyclic) bond motifs is 4. The van der Waals surface area contributed by atoms with Crippen LogP contribution in [0.25, 0.3) is 82.0 Å². The van der Waals surface area contributed by atoms with E-state index in [0.29, 0.717) is 5.71 Å². The molecule has 300 valence electrons. The molecule has 0 N–H and O–H groups in total. The Morgan fingerprint density at radius 1 is 0.410 bits per heavy atom. The van der Waals surface area contributed by atoms with Gasteiger partial charge in [0.1, 0.15) is 0 Å². The zero-order chi connectivity index (χ0) is 43.0. The van der Waals surface area contributed by atoms with E-state index in [9.17, 15) is 5.53 Å². The molecule has 9 aromatic rings. The van der Waals surface area contributed by atoms with Crippen molar-refractivity contribution < 1.29 is 4.79 Å². The Morgan fingerprint density at radius 3 is 1.15 bits per heavy atom. The van der Waals surface area contributed by atoms with Crippen molar-refractivity contribution in [3.8, 4) is 33.4 Å². The third-order valence-electron chi connectivity index (χ3n) is 12.8. The maximum atomic E-state index is 11.7. The van der Waals surface area contributed by atoms with Crippen LogP contribution in [0.15, 0.2) is 140 Å².